The lowest BCUT2D eigenvalue weighted by Crippen LogP contribution is -2.22. The number of fused-ring (bicyclic) bond motifs is 1. The van der Waals surface area contributed by atoms with Gasteiger partial charge in [0.1, 0.15) is 11.6 Å². The summed E-state index contributed by atoms with van der Waals surface area (Å²) in [5, 5.41) is 5.07. The number of hydrogen-bond acceptors (Lipinski definition) is 4. The smallest absolute Gasteiger partial charge is 0.282 e. The SMILES string of the molecule is CCc1nc2ccc(Br)cc2c(=O)n1N=Cc1cc(C)n(-c2ccc(OC)cc2)c1C. The summed E-state index contributed by atoms with van der Waals surface area (Å²) in [5.41, 5.74) is 4.59. The third-order valence-corrected chi connectivity index (χ3v) is 5.80. The Morgan fingerprint density at radius 3 is 2.55 bits per heavy atom. The quantitative estimate of drug-likeness (QED) is 0.378. The molecular weight excluding hydrogens is 456 g/mol. The third kappa shape index (κ3) is 3.93. The van der Waals surface area contributed by atoms with E-state index in [1.54, 1.807) is 19.4 Å². The number of hydrogen-bond donors (Lipinski definition) is 0. The molecule has 2 aromatic carbocycles. The number of nitrogens with zero attached hydrogens (tertiary/aromatic N) is 4. The fraction of sp³-hybridized carbons (Fsp3) is 0.208. The summed E-state index contributed by atoms with van der Waals surface area (Å²) in [6.45, 7) is 6.05. The molecule has 0 N–H and O–H groups in total. The molecule has 0 unspecified atom stereocenters. The van der Waals surface area contributed by atoms with Crippen LogP contribution in [0.4, 0.5) is 0 Å². The molecule has 0 atom stereocenters. The minimum Gasteiger partial charge on any atom is -0.497 e. The molecule has 2 aromatic heterocycles. The van der Waals surface area contributed by atoms with Crippen molar-refractivity contribution in [3.63, 3.8) is 0 Å². The van der Waals surface area contributed by atoms with E-state index in [9.17, 15) is 4.79 Å². The van der Waals surface area contributed by atoms with E-state index >= 15 is 0 Å². The lowest BCUT2D eigenvalue weighted by atomic mass is 10.2. The summed E-state index contributed by atoms with van der Waals surface area (Å²) < 4.78 is 9.64. The molecule has 0 fully saturated rings. The Hall–Kier alpha value is -3.19. The third-order valence-electron chi connectivity index (χ3n) is 5.30. The van der Waals surface area contributed by atoms with Crippen molar-refractivity contribution in [1.82, 2.24) is 14.2 Å². The highest BCUT2D eigenvalue weighted by molar-refractivity contribution is 9.10. The van der Waals surface area contributed by atoms with Crippen molar-refractivity contribution in [2.24, 2.45) is 5.10 Å². The second-order valence-corrected chi connectivity index (χ2v) is 8.18. The molecule has 0 radical (unpaired) electrons. The normalized spacial score (nSPS) is 11.5. The van der Waals surface area contributed by atoms with E-state index in [1.807, 2.05) is 57.2 Å². The first-order valence-electron chi connectivity index (χ1n) is 10.0. The molecule has 0 aliphatic rings. The van der Waals surface area contributed by atoms with Gasteiger partial charge in [0.2, 0.25) is 0 Å². The zero-order valence-corrected chi connectivity index (χ0v) is 19.5. The molecule has 4 aromatic rings. The Morgan fingerprint density at radius 1 is 1.13 bits per heavy atom. The zero-order valence-electron chi connectivity index (χ0n) is 17.9. The average molecular weight is 479 g/mol. The first-order chi connectivity index (χ1) is 14.9. The van der Waals surface area contributed by atoms with Crippen molar-refractivity contribution >= 4 is 33.0 Å². The lowest BCUT2D eigenvalue weighted by Gasteiger charge is -2.10. The van der Waals surface area contributed by atoms with E-state index in [1.165, 1.54) is 4.68 Å². The van der Waals surface area contributed by atoms with E-state index in [4.69, 9.17) is 4.74 Å². The van der Waals surface area contributed by atoms with Crippen LogP contribution in [-0.2, 0) is 6.42 Å². The summed E-state index contributed by atoms with van der Waals surface area (Å²) in [7, 11) is 1.66. The summed E-state index contributed by atoms with van der Waals surface area (Å²) in [4.78, 5) is 17.7. The Bertz CT molecular complexity index is 1350. The molecule has 0 aliphatic heterocycles. The van der Waals surface area contributed by atoms with Gasteiger partial charge in [-0.15, -0.1) is 0 Å². The molecular formula is C24H23BrN4O2. The summed E-state index contributed by atoms with van der Waals surface area (Å²) in [6, 6.07) is 15.5. The van der Waals surface area contributed by atoms with Crippen molar-refractivity contribution in [1.29, 1.82) is 0 Å². The van der Waals surface area contributed by atoms with Gasteiger partial charge in [0.05, 0.1) is 24.2 Å². The molecule has 7 heteroatoms. The average Bonchev–Trinajstić information content (AvgIpc) is 3.06. The number of methoxy groups -OCH3 is 1. The van der Waals surface area contributed by atoms with Crippen LogP contribution in [-0.4, -0.2) is 27.6 Å². The highest BCUT2D eigenvalue weighted by Gasteiger charge is 2.12. The van der Waals surface area contributed by atoms with Crippen molar-refractivity contribution in [2.75, 3.05) is 7.11 Å². The van der Waals surface area contributed by atoms with Crippen LogP contribution >= 0.6 is 15.9 Å². The predicted octanol–water partition coefficient (Wildman–Crippen LogP) is 5.02. The molecule has 31 heavy (non-hydrogen) atoms. The fourth-order valence-electron chi connectivity index (χ4n) is 3.71. The van der Waals surface area contributed by atoms with Crippen LogP contribution in [0, 0.1) is 13.8 Å². The zero-order chi connectivity index (χ0) is 22.1. The van der Waals surface area contributed by atoms with Crippen LogP contribution in [0.2, 0.25) is 0 Å². The molecule has 6 nitrogen and oxygen atoms in total. The van der Waals surface area contributed by atoms with Crippen LogP contribution in [0.5, 0.6) is 5.75 Å². The van der Waals surface area contributed by atoms with Gasteiger partial charge < -0.3 is 9.30 Å². The molecule has 158 valence electrons. The monoisotopic (exact) mass is 478 g/mol. The van der Waals surface area contributed by atoms with Crippen LogP contribution in [0.1, 0.15) is 29.7 Å². The van der Waals surface area contributed by atoms with Gasteiger partial charge in [-0.3, -0.25) is 4.79 Å². The molecule has 0 saturated carbocycles. The molecule has 0 bridgehead atoms. The number of aromatic nitrogens is 3. The van der Waals surface area contributed by atoms with E-state index in [0.29, 0.717) is 23.1 Å². The van der Waals surface area contributed by atoms with Gasteiger partial charge in [-0.25, -0.2) is 4.98 Å². The van der Waals surface area contributed by atoms with Gasteiger partial charge in [0.25, 0.3) is 5.56 Å². The van der Waals surface area contributed by atoms with Gasteiger partial charge in [0.15, 0.2) is 0 Å². The predicted molar refractivity (Wildman–Crippen MR) is 128 cm³/mol. The van der Waals surface area contributed by atoms with Gasteiger partial charge >= 0.3 is 0 Å². The summed E-state index contributed by atoms with van der Waals surface area (Å²) >= 11 is 3.43. The number of benzene rings is 2. The topological polar surface area (TPSA) is 61.4 Å². The van der Waals surface area contributed by atoms with E-state index in [2.05, 4.69) is 36.6 Å². The van der Waals surface area contributed by atoms with E-state index in [0.717, 1.165) is 32.9 Å². The maximum Gasteiger partial charge on any atom is 0.282 e. The molecule has 0 saturated heterocycles. The minimum absolute atomic E-state index is 0.177. The molecule has 0 aliphatic carbocycles. The lowest BCUT2D eigenvalue weighted by molar-refractivity contribution is 0.414. The van der Waals surface area contributed by atoms with Crippen molar-refractivity contribution < 1.29 is 4.74 Å². The number of halogens is 1. The Labute approximate surface area is 188 Å². The standard InChI is InChI=1S/C24H23BrN4O2/c1-5-23-27-22-11-6-18(25)13-21(22)24(30)29(23)26-14-17-12-15(2)28(16(17)3)19-7-9-20(31-4)10-8-19/h6-14H,5H2,1-4H3. The second-order valence-electron chi connectivity index (χ2n) is 7.26. The molecule has 2 heterocycles. The van der Waals surface area contributed by atoms with Crippen LogP contribution in [0.15, 0.2) is 62.9 Å². The molecule has 4 rings (SSSR count). The van der Waals surface area contributed by atoms with Crippen molar-refractivity contribution in [3.8, 4) is 11.4 Å². The summed E-state index contributed by atoms with van der Waals surface area (Å²) in [5.74, 6) is 1.44. The van der Waals surface area contributed by atoms with Gasteiger partial charge in [0, 0.05) is 33.5 Å². The summed E-state index contributed by atoms with van der Waals surface area (Å²) in [6.07, 6.45) is 2.33. The van der Waals surface area contributed by atoms with Gasteiger partial charge in [-0.2, -0.15) is 9.78 Å². The highest BCUT2D eigenvalue weighted by atomic mass is 79.9. The molecule has 0 spiro atoms. The number of rotatable bonds is 5. The Kier molecular flexibility index (Phi) is 5.78. The minimum atomic E-state index is -0.177. The highest BCUT2D eigenvalue weighted by Crippen LogP contribution is 2.22. The Balaban J connectivity index is 1.78. The van der Waals surface area contributed by atoms with E-state index in [-0.39, 0.29) is 5.56 Å². The van der Waals surface area contributed by atoms with Crippen molar-refractivity contribution in [2.45, 2.75) is 27.2 Å². The number of aryl methyl sites for hydroxylation is 2. The largest absolute Gasteiger partial charge is 0.497 e. The van der Waals surface area contributed by atoms with Crippen LogP contribution in [0.3, 0.4) is 0 Å². The maximum atomic E-state index is 13.1. The van der Waals surface area contributed by atoms with Gasteiger partial charge in [-0.05, 0) is 62.4 Å². The van der Waals surface area contributed by atoms with Crippen LogP contribution in [0.25, 0.3) is 16.6 Å². The van der Waals surface area contributed by atoms with Gasteiger partial charge in [-0.1, -0.05) is 22.9 Å². The molecule has 0 amide bonds. The van der Waals surface area contributed by atoms with Crippen molar-refractivity contribution in [3.05, 3.63) is 86.1 Å². The Morgan fingerprint density at radius 2 is 1.87 bits per heavy atom. The van der Waals surface area contributed by atoms with E-state index < -0.39 is 0 Å². The first-order valence-corrected chi connectivity index (χ1v) is 10.8. The maximum absolute atomic E-state index is 13.1. The first kappa shape index (κ1) is 21.1. The fourth-order valence-corrected chi connectivity index (χ4v) is 4.07. The van der Waals surface area contributed by atoms with Crippen LogP contribution < -0.4 is 10.3 Å². The second kappa shape index (κ2) is 8.51. The number of ether oxygens (including phenoxy) is 1.